The van der Waals surface area contributed by atoms with E-state index < -0.39 is 6.09 Å². The molecule has 0 aliphatic heterocycles. The number of hydrogen-bond donors (Lipinski definition) is 2. The van der Waals surface area contributed by atoms with Crippen molar-refractivity contribution in [2.24, 2.45) is 0 Å². The molecule has 0 aliphatic carbocycles. The Bertz CT molecular complexity index is 272. The van der Waals surface area contributed by atoms with Crippen molar-refractivity contribution in [3.8, 4) is 0 Å². The molecule has 1 amide bonds. The van der Waals surface area contributed by atoms with E-state index in [-0.39, 0.29) is 6.61 Å². The van der Waals surface area contributed by atoms with E-state index in [0.29, 0.717) is 0 Å². The Balaban J connectivity index is 2.38. The average Bonchev–Trinajstić information content (AvgIpc) is 2.47. The molecule has 1 rings (SSSR count). The molecule has 5 heteroatoms. The van der Waals surface area contributed by atoms with Crippen LogP contribution in [0, 0.1) is 0 Å². The molecule has 0 aliphatic rings. The van der Waals surface area contributed by atoms with Crippen LogP contribution in [0.1, 0.15) is 5.56 Å². The molecule has 1 aromatic heterocycles. The predicted octanol–water partition coefficient (Wildman–Crippen LogP) is 1.63. The number of hydrogen-bond acceptors (Lipinski definition) is 2. The zero-order chi connectivity index (χ0) is 8.97. The topological polar surface area (TPSA) is 54.1 Å². The van der Waals surface area contributed by atoms with Crippen LogP contribution >= 0.6 is 15.9 Å². The van der Waals surface area contributed by atoms with Gasteiger partial charge in [0.25, 0.3) is 0 Å². The van der Waals surface area contributed by atoms with E-state index in [2.05, 4.69) is 26.2 Å². The Morgan fingerprint density at radius 1 is 1.83 bits per heavy atom. The number of H-pyrrole nitrogens is 1. The van der Waals surface area contributed by atoms with Crippen molar-refractivity contribution >= 4 is 22.0 Å². The molecule has 1 aromatic rings. The van der Waals surface area contributed by atoms with Crippen molar-refractivity contribution in [1.82, 2.24) is 10.3 Å². The van der Waals surface area contributed by atoms with Gasteiger partial charge in [0, 0.05) is 18.8 Å². The molecule has 0 aromatic carbocycles. The van der Waals surface area contributed by atoms with Gasteiger partial charge in [0.15, 0.2) is 0 Å². The Morgan fingerprint density at radius 2 is 2.58 bits per heavy atom. The zero-order valence-electron chi connectivity index (χ0n) is 6.56. The highest BCUT2D eigenvalue weighted by Gasteiger charge is 2.00. The monoisotopic (exact) mass is 232 g/mol. The van der Waals surface area contributed by atoms with Crippen LogP contribution in [-0.4, -0.2) is 18.1 Å². The average molecular weight is 233 g/mol. The van der Waals surface area contributed by atoms with Crippen LogP contribution in [0.25, 0.3) is 0 Å². The van der Waals surface area contributed by atoms with Crippen LogP contribution in [0.5, 0.6) is 0 Å². The first-order valence-electron chi connectivity index (χ1n) is 3.39. The number of amides is 1. The summed E-state index contributed by atoms with van der Waals surface area (Å²) in [5, 5.41) is 2.36. The first-order valence-corrected chi connectivity index (χ1v) is 4.19. The number of halogens is 1. The van der Waals surface area contributed by atoms with Crippen molar-refractivity contribution in [2.45, 2.75) is 6.61 Å². The van der Waals surface area contributed by atoms with Gasteiger partial charge in [-0.05, 0) is 22.0 Å². The molecule has 0 spiro atoms. The quantitative estimate of drug-likeness (QED) is 0.815. The van der Waals surface area contributed by atoms with Gasteiger partial charge < -0.3 is 15.0 Å². The van der Waals surface area contributed by atoms with Gasteiger partial charge in [0.05, 0.1) is 4.60 Å². The van der Waals surface area contributed by atoms with E-state index in [0.717, 1.165) is 10.2 Å². The maximum Gasteiger partial charge on any atom is 0.407 e. The van der Waals surface area contributed by atoms with Crippen LogP contribution in [0.15, 0.2) is 16.9 Å². The molecule has 0 bridgehead atoms. The lowest BCUT2D eigenvalue weighted by Gasteiger charge is -2.00. The molecule has 0 atom stereocenters. The number of rotatable bonds is 2. The predicted molar refractivity (Wildman–Crippen MR) is 47.7 cm³/mol. The summed E-state index contributed by atoms with van der Waals surface area (Å²) in [6.07, 6.45) is 1.35. The fourth-order valence-electron chi connectivity index (χ4n) is 0.712. The summed E-state index contributed by atoms with van der Waals surface area (Å²) < 4.78 is 5.67. The highest BCUT2D eigenvalue weighted by atomic mass is 79.9. The van der Waals surface area contributed by atoms with Crippen LogP contribution in [0.2, 0.25) is 0 Å². The lowest BCUT2D eigenvalue weighted by molar-refractivity contribution is 0.142. The van der Waals surface area contributed by atoms with Crippen molar-refractivity contribution in [1.29, 1.82) is 0 Å². The minimum atomic E-state index is -0.424. The largest absolute Gasteiger partial charge is 0.445 e. The van der Waals surface area contributed by atoms with Crippen molar-refractivity contribution in [3.63, 3.8) is 0 Å². The van der Waals surface area contributed by atoms with E-state index in [1.807, 2.05) is 6.07 Å². The van der Waals surface area contributed by atoms with Gasteiger partial charge in [-0.1, -0.05) is 0 Å². The summed E-state index contributed by atoms with van der Waals surface area (Å²) in [5.74, 6) is 0. The Kier molecular flexibility index (Phi) is 3.16. The molecule has 12 heavy (non-hydrogen) atoms. The van der Waals surface area contributed by atoms with Gasteiger partial charge in [0.2, 0.25) is 0 Å². The van der Waals surface area contributed by atoms with Crippen molar-refractivity contribution < 1.29 is 9.53 Å². The molecule has 0 radical (unpaired) electrons. The number of ether oxygens (including phenoxy) is 1. The van der Waals surface area contributed by atoms with Crippen molar-refractivity contribution in [2.75, 3.05) is 7.05 Å². The maximum absolute atomic E-state index is 10.6. The third-order valence-corrected chi connectivity index (χ3v) is 1.74. The smallest absolute Gasteiger partial charge is 0.407 e. The van der Waals surface area contributed by atoms with E-state index in [1.54, 1.807) is 6.20 Å². The summed E-state index contributed by atoms with van der Waals surface area (Å²) in [7, 11) is 1.52. The molecule has 0 saturated heterocycles. The number of nitrogens with one attached hydrogen (secondary N) is 2. The number of alkyl carbamates (subject to hydrolysis) is 1. The summed E-state index contributed by atoms with van der Waals surface area (Å²) in [5.41, 5.74) is 0.922. The van der Waals surface area contributed by atoms with Gasteiger partial charge in [-0.25, -0.2) is 4.79 Å². The summed E-state index contributed by atoms with van der Waals surface area (Å²) in [6, 6.07) is 1.85. The van der Waals surface area contributed by atoms with E-state index in [1.165, 1.54) is 7.05 Å². The lowest BCUT2D eigenvalue weighted by Crippen LogP contribution is -2.18. The van der Waals surface area contributed by atoms with E-state index >= 15 is 0 Å². The standard InChI is InChI=1S/C7H9BrN2O2/c1-9-7(11)12-4-5-2-6(8)10-3-5/h2-3,10H,4H2,1H3,(H,9,11). The molecular formula is C7H9BrN2O2. The third-order valence-electron chi connectivity index (χ3n) is 1.28. The first kappa shape index (κ1) is 9.12. The second kappa shape index (κ2) is 4.15. The normalized spacial score (nSPS) is 9.50. The molecule has 0 fully saturated rings. The van der Waals surface area contributed by atoms with Gasteiger partial charge in [0.1, 0.15) is 6.61 Å². The van der Waals surface area contributed by atoms with Crippen LogP contribution < -0.4 is 5.32 Å². The SMILES string of the molecule is CNC(=O)OCc1c[nH]c(Br)c1. The Labute approximate surface area is 78.4 Å². The third kappa shape index (κ3) is 2.58. The number of carbonyl (C=O) groups is 1. The van der Waals surface area contributed by atoms with Gasteiger partial charge in [-0.2, -0.15) is 0 Å². The molecule has 66 valence electrons. The van der Waals surface area contributed by atoms with Crippen LogP contribution in [0.3, 0.4) is 0 Å². The molecule has 2 N–H and O–H groups in total. The minimum absolute atomic E-state index is 0.280. The number of aromatic amines is 1. The first-order chi connectivity index (χ1) is 5.72. The molecule has 1 heterocycles. The van der Waals surface area contributed by atoms with Gasteiger partial charge >= 0.3 is 6.09 Å². The van der Waals surface area contributed by atoms with Crippen molar-refractivity contribution in [3.05, 3.63) is 22.4 Å². The zero-order valence-corrected chi connectivity index (χ0v) is 8.14. The summed E-state index contributed by atoms with van der Waals surface area (Å²) >= 11 is 3.24. The fraction of sp³-hybridized carbons (Fsp3) is 0.286. The lowest BCUT2D eigenvalue weighted by atomic mass is 10.4. The van der Waals surface area contributed by atoms with Crippen LogP contribution in [0.4, 0.5) is 4.79 Å². The van der Waals surface area contributed by atoms with E-state index in [9.17, 15) is 4.79 Å². The van der Waals surface area contributed by atoms with Gasteiger partial charge in [-0.3, -0.25) is 0 Å². The maximum atomic E-state index is 10.6. The van der Waals surface area contributed by atoms with E-state index in [4.69, 9.17) is 4.74 Å². The Morgan fingerprint density at radius 3 is 3.08 bits per heavy atom. The summed E-state index contributed by atoms with van der Waals surface area (Å²) in [6.45, 7) is 0.280. The molecular weight excluding hydrogens is 224 g/mol. The highest BCUT2D eigenvalue weighted by Crippen LogP contribution is 2.10. The molecule has 4 nitrogen and oxygen atoms in total. The number of aromatic nitrogens is 1. The van der Waals surface area contributed by atoms with Crippen LogP contribution in [-0.2, 0) is 11.3 Å². The minimum Gasteiger partial charge on any atom is -0.445 e. The highest BCUT2D eigenvalue weighted by molar-refractivity contribution is 9.10. The second-order valence-corrected chi connectivity index (χ2v) is 3.04. The fourth-order valence-corrected chi connectivity index (χ4v) is 1.12. The molecule has 0 saturated carbocycles. The number of carbonyl (C=O) groups excluding carboxylic acids is 1. The second-order valence-electron chi connectivity index (χ2n) is 2.18. The summed E-state index contributed by atoms with van der Waals surface area (Å²) in [4.78, 5) is 13.6. The Hall–Kier alpha value is -0.970. The van der Waals surface area contributed by atoms with Gasteiger partial charge in [-0.15, -0.1) is 0 Å². The molecule has 0 unspecified atom stereocenters.